The van der Waals surface area contributed by atoms with Crippen LogP contribution in [0, 0.1) is 6.92 Å². The maximum atomic E-state index is 13.1. The number of carboxylic acids is 1. The molecule has 224 valence electrons. The highest BCUT2D eigenvalue weighted by molar-refractivity contribution is 5.87. The number of furan rings is 1. The average Bonchev–Trinajstić information content (AvgIpc) is 3.61. The van der Waals surface area contributed by atoms with E-state index in [-0.39, 0.29) is 41.7 Å². The van der Waals surface area contributed by atoms with Gasteiger partial charge in [0, 0.05) is 24.2 Å². The van der Waals surface area contributed by atoms with Crippen molar-refractivity contribution < 1.29 is 29.6 Å². The Labute approximate surface area is 241 Å². The molecule has 2 aromatic heterocycles. The molecule has 13 nitrogen and oxygen atoms in total. The Hall–Kier alpha value is -4.56. The molecule has 2 heterocycles. The number of carbonyl (C=O) groups is 1. The first-order chi connectivity index (χ1) is 20.2. The molecule has 1 aliphatic carbocycles. The molecule has 0 radical (unpaired) electrons. The lowest BCUT2D eigenvalue weighted by Crippen LogP contribution is -2.15. The third kappa shape index (κ3) is 7.79. The van der Waals surface area contributed by atoms with E-state index in [2.05, 4.69) is 21.4 Å². The molecule has 13 heteroatoms. The number of aromatic nitrogens is 2. The van der Waals surface area contributed by atoms with Gasteiger partial charge in [0.05, 0.1) is 30.9 Å². The van der Waals surface area contributed by atoms with Gasteiger partial charge in [0.1, 0.15) is 5.69 Å². The molecule has 42 heavy (non-hydrogen) atoms. The molecular weight excluding hydrogens is 544 g/mol. The number of para-hydroxylation sites is 1. The number of azo groups is 1. The average molecular weight is 581 g/mol. The van der Waals surface area contributed by atoms with Crippen molar-refractivity contribution in [2.45, 2.75) is 32.6 Å². The zero-order valence-electron chi connectivity index (χ0n) is 23.3. The molecule has 0 amide bonds. The maximum absolute atomic E-state index is 13.1. The fraction of sp³-hybridized carbons (Fsp3) is 0.310. The van der Waals surface area contributed by atoms with Gasteiger partial charge in [-0.25, -0.2) is 9.48 Å². The quantitative estimate of drug-likeness (QED) is 0.159. The molecule has 5 rings (SSSR count). The Balaban J connectivity index is 0.000000540. The van der Waals surface area contributed by atoms with Crippen molar-refractivity contribution in [3.05, 3.63) is 81.7 Å². The van der Waals surface area contributed by atoms with Crippen LogP contribution >= 0.6 is 0 Å². The number of H-pyrrole nitrogens is 1. The number of hydrogen-bond donors (Lipinski definition) is 7. The summed E-state index contributed by atoms with van der Waals surface area (Å²) in [6.45, 7) is 2.68. The molecule has 9 N–H and O–H groups in total. The van der Waals surface area contributed by atoms with Gasteiger partial charge in [0.15, 0.2) is 11.4 Å². The predicted octanol–water partition coefficient (Wildman–Crippen LogP) is 3.31. The van der Waals surface area contributed by atoms with Crippen molar-refractivity contribution in [2.75, 3.05) is 26.3 Å². The van der Waals surface area contributed by atoms with Gasteiger partial charge in [-0.15, -0.1) is 10.2 Å². The van der Waals surface area contributed by atoms with Crippen LogP contribution in [0.5, 0.6) is 5.75 Å². The first-order valence-corrected chi connectivity index (χ1v) is 13.4. The molecule has 2 aromatic carbocycles. The molecule has 0 unspecified atom stereocenters. The minimum atomic E-state index is -1.21. The largest absolute Gasteiger partial charge is 0.505 e. The molecule has 0 spiro atoms. The second-order valence-corrected chi connectivity index (χ2v) is 9.29. The molecule has 0 saturated heterocycles. The number of nitrogens with zero attached hydrogens (tertiary/aromatic N) is 3. The molecular formula is C29H36N6O7. The summed E-state index contributed by atoms with van der Waals surface area (Å²) in [6, 6.07) is 12.1. The van der Waals surface area contributed by atoms with E-state index in [9.17, 15) is 14.7 Å². The first kappa shape index (κ1) is 32.0. The molecule has 0 atom stereocenters. The SMILES string of the molecule is Cc1[nH]n(-c2ccc3c(c2)CCCC3)c(=O)c1N=Nc1cccc(-c2coc(C(=O)O)c2)c1O.NCCO.NCCO. The van der Waals surface area contributed by atoms with Crippen molar-refractivity contribution in [3.63, 3.8) is 0 Å². The number of aryl methyl sites for hydroxylation is 3. The van der Waals surface area contributed by atoms with Gasteiger partial charge >= 0.3 is 5.97 Å². The number of phenolic OH excluding ortho intramolecular Hbond substituents is 1. The maximum Gasteiger partial charge on any atom is 0.371 e. The van der Waals surface area contributed by atoms with Crippen molar-refractivity contribution >= 4 is 17.3 Å². The lowest BCUT2D eigenvalue weighted by atomic mass is 9.91. The minimum Gasteiger partial charge on any atom is -0.505 e. The topological polar surface area (TPSA) is 226 Å². The fourth-order valence-corrected chi connectivity index (χ4v) is 4.23. The third-order valence-electron chi connectivity index (χ3n) is 6.28. The van der Waals surface area contributed by atoms with Crippen LogP contribution in [-0.4, -0.2) is 62.5 Å². The van der Waals surface area contributed by atoms with Crippen molar-refractivity contribution in [3.8, 4) is 22.6 Å². The number of benzene rings is 2. The number of aromatic carboxylic acids is 1. The van der Waals surface area contributed by atoms with Crippen LogP contribution in [-0.2, 0) is 12.8 Å². The number of phenols is 1. The van der Waals surface area contributed by atoms with Crippen LogP contribution in [0.1, 0.15) is 40.2 Å². The van der Waals surface area contributed by atoms with Gasteiger partial charge in [-0.2, -0.15) is 0 Å². The first-order valence-electron chi connectivity index (χ1n) is 13.4. The lowest BCUT2D eigenvalue weighted by Gasteiger charge is -2.16. The Morgan fingerprint density at radius 1 is 1.02 bits per heavy atom. The van der Waals surface area contributed by atoms with E-state index in [1.165, 1.54) is 34.6 Å². The Bertz CT molecular complexity index is 1560. The summed E-state index contributed by atoms with van der Waals surface area (Å²) >= 11 is 0. The number of carboxylic acid groups (broad SMARTS) is 1. The number of aromatic hydroxyl groups is 1. The highest BCUT2D eigenvalue weighted by atomic mass is 16.4. The Morgan fingerprint density at radius 2 is 1.69 bits per heavy atom. The zero-order chi connectivity index (χ0) is 30.6. The van der Waals surface area contributed by atoms with Gasteiger partial charge in [0.2, 0.25) is 5.76 Å². The number of nitrogens with one attached hydrogen (secondary N) is 1. The normalized spacial score (nSPS) is 12.2. The fourth-order valence-electron chi connectivity index (χ4n) is 4.23. The predicted molar refractivity (Wildman–Crippen MR) is 157 cm³/mol. The van der Waals surface area contributed by atoms with E-state index in [1.54, 1.807) is 25.1 Å². The second-order valence-electron chi connectivity index (χ2n) is 9.29. The van der Waals surface area contributed by atoms with Gasteiger partial charge in [-0.3, -0.25) is 9.89 Å². The minimum absolute atomic E-state index is 0.0972. The van der Waals surface area contributed by atoms with Crippen LogP contribution in [0.25, 0.3) is 16.8 Å². The van der Waals surface area contributed by atoms with Crippen molar-refractivity contribution in [1.29, 1.82) is 0 Å². The van der Waals surface area contributed by atoms with Crippen molar-refractivity contribution in [1.82, 2.24) is 9.78 Å². The number of rotatable bonds is 7. The number of fused-ring (bicyclic) bond motifs is 1. The summed E-state index contributed by atoms with van der Waals surface area (Å²) in [6.07, 6.45) is 5.64. The molecule has 4 aromatic rings. The second kappa shape index (κ2) is 15.4. The molecule has 0 fully saturated rings. The van der Waals surface area contributed by atoms with E-state index < -0.39 is 5.97 Å². The summed E-state index contributed by atoms with van der Waals surface area (Å²) in [5.74, 6) is -1.65. The number of aromatic amines is 1. The van der Waals surface area contributed by atoms with Crippen LogP contribution < -0.4 is 17.0 Å². The summed E-state index contributed by atoms with van der Waals surface area (Å²) < 4.78 is 6.45. The van der Waals surface area contributed by atoms with E-state index in [1.807, 2.05) is 12.1 Å². The van der Waals surface area contributed by atoms with E-state index >= 15 is 0 Å². The third-order valence-corrected chi connectivity index (χ3v) is 6.28. The zero-order valence-corrected chi connectivity index (χ0v) is 23.3. The molecule has 0 saturated carbocycles. The van der Waals surface area contributed by atoms with Crippen molar-refractivity contribution in [2.24, 2.45) is 21.7 Å². The molecule has 1 aliphatic rings. The van der Waals surface area contributed by atoms with Crippen LogP contribution in [0.4, 0.5) is 11.4 Å². The highest BCUT2D eigenvalue weighted by Crippen LogP contribution is 2.38. The standard InChI is InChI=1S/C25H22N4O5.2C2H7NO/c1-14-22(24(31)29(28-14)18-10-9-15-5-2-3-6-16(15)11-18)27-26-20-8-4-7-19(23(20)30)17-12-21(25(32)33)34-13-17;2*3-1-2-4/h4,7-13,28,30H,2-3,5-6H2,1H3,(H,32,33);2*4H,1-3H2. The lowest BCUT2D eigenvalue weighted by molar-refractivity contribution is 0.0662. The number of nitrogens with two attached hydrogens (primary N) is 2. The van der Waals surface area contributed by atoms with Gasteiger partial charge in [-0.1, -0.05) is 18.2 Å². The van der Waals surface area contributed by atoms with Gasteiger partial charge in [0.25, 0.3) is 5.56 Å². The molecule has 0 aliphatic heterocycles. The van der Waals surface area contributed by atoms with E-state index in [0.717, 1.165) is 24.9 Å². The van der Waals surface area contributed by atoms with Gasteiger partial charge in [-0.05, 0) is 68.0 Å². The smallest absolute Gasteiger partial charge is 0.371 e. The summed E-state index contributed by atoms with van der Waals surface area (Å²) in [7, 11) is 0. The van der Waals surface area contributed by atoms with Crippen LogP contribution in [0.2, 0.25) is 0 Å². The highest BCUT2D eigenvalue weighted by Gasteiger charge is 2.17. The van der Waals surface area contributed by atoms with Gasteiger partial charge < -0.3 is 36.3 Å². The number of hydrogen-bond acceptors (Lipinski definition) is 10. The van der Waals surface area contributed by atoms with E-state index in [4.69, 9.17) is 31.2 Å². The number of aliphatic hydroxyl groups is 2. The molecule has 0 bridgehead atoms. The Kier molecular flexibility index (Phi) is 11.8. The number of aliphatic hydroxyl groups excluding tert-OH is 2. The summed E-state index contributed by atoms with van der Waals surface area (Å²) in [5.41, 5.74) is 14.1. The van der Waals surface area contributed by atoms with Crippen LogP contribution in [0.15, 0.2) is 68.2 Å². The summed E-state index contributed by atoms with van der Waals surface area (Å²) in [5, 5.41) is 46.5. The Morgan fingerprint density at radius 3 is 2.31 bits per heavy atom. The van der Waals surface area contributed by atoms with E-state index in [0.29, 0.717) is 29.9 Å². The van der Waals surface area contributed by atoms with Crippen LogP contribution in [0.3, 0.4) is 0 Å². The monoisotopic (exact) mass is 580 g/mol. The summed E-state index contributed by atoms with van der Waals surface area (Å²) in [4.78, 5) is 24.1.